The van der Waals surface area contributed by atoms with Crippen molar-refractivity contribution in [2.45, 2.75) is 5.41 Å². The number of hydrogen-bond acceptors (Lipinski definition) is 4. The molecule has 2 aliphatic carbocycles. The molecule has 0 saturated heterocycles. The van der Waals surface area contributed by atoms with Gasteiger partial charge < -0.3 is 5.32 Å². The molecule has 1 spiro atoms. The average molecular weight is 867 g/mol. The quantitative estimate of drug-likeness (QED) is 0.157. The third-order valence-corrected chi connectivity index (χ3v) is 14.0. The fourth-order valence-corrected chi connectivity index (χ4v) is 10.9. The van der Waals surface area contributed by atoms with Crippen molar-refractivity contribution in [2.24, 2.45) is 0 Å². The monoisotopic (exact) mass is 866 g/mol. The maximum absolute atomic E-state index is 9.97. The normalized spacial score (nSPS) is 14.1. The summed E-state index contributed by atoms with van der Waals surface area (Å²) in [5, 5.41) is 13.8. The second kappa shape index (κ2) is 15.9. The Bertz CT molecular complexity index is 3640. The van der Waals surface area contributed by atoms with Crippen LogP contribution in [0.25, 0.3) is 79.2 Å². The molecule has 0 radical (unpaired) electrons. The smallest absolute Gasteiger partial charge is 0.160 e. The molecule has 10 aromatic rings. The molecule has 318 valence electrons. The average Bonchev–Trinajstić information content (AvgIpc) is 3.89. The lowest BCUT2D eigenvalue weighted by molar-refractivity contribution is 0.794. The van der Waals surface area contributed by atoms with E-state index < -0.39 is 5.41 Å². The number of hydrogen-bond donors (Lipinski definition) is 2. The van der Waals surface area contributed by atoms with Gasteiger partial charge in [0.2, 0.25) is 0 Å². The van der Waals surface area contributed by atoms with Crippen molar-refractivity contribution >= 4 is 28.8 Å². The van der Waals surface area contributed by atoms with Crippen molar-refractivity contribution in [3.8, 4) is 56.2 Å². The summed E-state index contributed by atoms with van der Waals surface area (Å²) in [4.78, 5) is 10.7. The summed E-state index contributed by atoms with van der Waals surface area (Å²) in [6.07, 6.45) is 2.20. The maximum Gasteiger partial charge on any atom is 0.160 e. The number of allylic oxidation sites excluding steroid dienone is 1. The Labute approximate surface area is 395 Å². The van der Waals surface area contributed by atoms with Gasteiger partial charge in [0.15, 0.2) is 5.82 Å². The highest BCUT2D eigenvalue weighted by atomic mass is 14.9. The molecule has 9 aromatic carbocycles. The molecule has 0 atom stereocenters. The Morgan fingerprint density at radius 2 is 0.853 bits per heavy atom. The molecule has 0 fully saturated rings. The number of nitrogens with zero attached hydrogens (tertiary/aromatic N) is 2. The van der Waals surface area contributed by atoms with E-state index in [-0.39, 0.29) is 0 Å². The summed E-state index contributed by atoms with van der Waals surface area (Å²) >= 11 is 0. The van der Waals surface area contributed by atoms with Gasteiger partial charge in [-0.1, -0.05) is 224 Å². The van der Waals surface area contributed by atoms with E-state index in [1.807, 2.05) is 30.3 Å². The SMILES string of the molecule is N=C(/C(=C1\NC(c2ccccc2)=Cc2ccccc21)c1ccccc1)c1ccc(-c2cc(-c3ccccc3)nc(-c3ccc4c(c3)C3(c5ccccc5-c5ccccc53)c3ccccc3-4)n2)cc1. The van der Waals surface area contributed by atoms with Gasteiger partial charge in [0, 0.05) is 39.1 Å². The van der Waals surface area contributed by atoms with Crippen LogP contribution in [0, 0.1) is 5.41 Å². The zero-order chi connectivity index (χ0) is 45.2. The fraction of sp³-hybridized carbons (Fsp3) is 0.0156. The molecule has 3 aliphatic rings. The van der Waals surface area contributed by atoms with E-state index in [9.17, 15) is 5.41 Å². The molecule has 68 heavy (non-hydrogen) atoms. The molecular weight excluding hydrogens is 825 g/mol. The Morgan fingerprint density at radius 3 is 1.46 bits per heavy atom. The largest absolute Gasteiger partial charge is 0.354 e. The van der Waals surface area contributed by atoms with Crippen LogP contribution in [0.2, 0.25) is 0 Å². The minimum Gasteiger partial charge on any atom is -0.354 e. The molecular formula is C64H42N4. The predicted molar refractivity (Wildman–Crippen MR) is 279 cm³/mol. The first-order chi connectivity index (χ1) is 33.6. The first kappa shape index (κ1) is 39.4. The maximum atomic E-state index is 9.97. The fourth-order valence-electron chi connectivity index (χ4n) is 10.9. The number of fused-ring (bicyclic) bond motifs is 11. The molecule has 2 N–H and O–H groups in total. The summed E-state index contributed by atoms with van der Waals surface area (Å²) in [5.74, 6) is 0.659. The van der Waals surface area contributed by atoms with Crippen LogP contribution in [0.4, 0.5) is 0 Å². The van der Waals surface area contributed by atoms with E-state index in [2.05, 4.69) is 218 Å². The molecule has 0 saturated carbocycles. The van der Waals surface area contributed by atoms with Crippen LogP contribution in [0.5, 0.6) is 0 Å². The summed E-state index contributed by atoms with van der Waals surface area (Å²) in [6, 6.07) is 83.3. The second-order valence-corrected chi connectivity index (χ2v) is 17.7. The van der Waals surface area contributed by atoms with Crippen LogP contribution in [0.3, 0.4) is 0 Å². The molecule has 0 unspecified atom stereocenters. The van der Waals surface area contributed by atoms with Gasteiger partial charge in [-0.3, -0.25) is 5.41 Å². The van der Waals surface area contributed by atoms with Gasteiger partial charge >= 0.3 is 0 Å². The molecule has 0 bridgehead atoms. The minimum atomic E-state index is -0.474. The zero-order valence-corrected chi connectivity index (χ0v) is 37.0. The molecule has 2 heterocycles. The Morgan fingerprint density at radius 1 is 0.382 bits per heavy atom. The zero-order valence-electron chi connectivity index (χ0n) is 37.0. The van der Waals surface area contributed by atoms with Crippen molar-refractivity contribution in [1.29, 1.82) is 5.41 Å². The van der Waals surface area contributed by atoms with E-state index in [0.717, 1.165) is 72.9 Å². The third kappa shape index (κ3) is 6.19. The van der Waals surface area contributed by atoms with Gasteiger partial charge in [-0.25, -0.2) is 9.97 Å². The summed E-state index contributed by atoms with van der Waals surface area (Å²) < 4.78 is 0. The number of rotatable bonds is 7. The Kier molecular flexibility index (Phi) is 9.19. The van der Waals surface area contributed by atoms with Crippen molar-refractivity contribution in [3.05, 3.63) is 287 Å². The third-order valence-electron chi connectivity index (χ3n) is 14.0. The summed E-state index contributed by atoms with van der Waals surface area (Å²) in [7, 11) is 0. The van der Waals surface area contributed by atoms with E-state index >= 15 is 0 Å². The van der Waals surface area contributed by atoms with Gasteiger partial charge in [0.1, 0.15) is 0 Å². The van der Waals surface area contributed by atoms with Crippen molar-refractivity contribution in [2.75, 3.05) is 0 Å². The van der Waals surface area contributed by atoms with E-state index in [1.54, 1.807) is 0 Å². The Balaban J connectivity index is 0.934. The molecule has 4 heteroatoms. The van der Waals surface area contributed by atoms with E-state index in [4.69, 9.17) is 9.97 Å². The number of nitrogens with one attached hydrogen (secondary N) is 2. The lowest BCUT2D eigenvalue weighted by Crippen LogP contribution is -2.25. The van der Waals surface area contributed by atoms with Crippen molar-refractivity contribution in [1.82, 2.24) is 15.3 Å². The Hall–Kier alpha value is -8.99. The molecule has 4 nitrogen and oxygen atoms in total. The summed E-state index contributed by atoms with van der Waals surface area (Å²) in [6.45, 7) is 0. The van der Waals surface area contributed by atoms with Crippen LogP contribution in [0.15, 0.2) is 237 Å². The highest BCUT2D eigenvalue weighted by molar-refractivity contribution is 6.36. The highest BCUT2D eigenvalue weighted by Crippen LogP contribution is 2.63. The van der Waals surface area contributed by atoms with Crippen LogP contribution < -0.4 is 5.32 Å². The van der Waals surface area contributed by atoms with Crippen molar-refractivity contribution < 1.29 is 0 Å². The molecule has 1 aliphatic heterocycles. The first-order valence-corrected chi connectivity index (χ1v) is 23.1. The lowest BCUT2D eigenvalue weighted by atomic mass is 9.70. The van der Waals surface area contributed by atoms with Gasteiger partial charge in [-0.05, 0) is 79.4 Å². The van der Waals surface area contributed by atoms with Gasteiger partial charge in [0.05, 0.1) is 28.2 Å². The lowest BCUT2D eigenvalue weighted by Gasteiger charge is -2.30. The van der Waals surface area contributed by atoms with Gasteiger partial charge in [0.25, 0.3) is 0 Å². The first-order valence-electron chi connectivity index (χ1n) is 23.1. The van der Waals surface area contributed by atoms with Crippen LogP contribution in [-0.4, -0.2) is 15.7 Å². The van der Waals surface area contributed by atoms with Gasteiger partial charge in [-0.2, -0.15) is 0 Å². The topological polar surface area (TPSA) is 61.7 Å². The number of benzene rings is 9. The van der Waals surface area contributed by atoms with Crippen LogP contribution in [0.1, 0.15) is 50.1 Å². The van der Waals surface area contributed by atoms with E-state index in [0.29, 0.717) is 11.5 Å². The second-order valence-electron chi connectivity index (χ2n) is 17.7. The molecule has 0 amide bonds. The molecule has 13 rings (SSSR count). The standard InChI is InChI=1S/C64H42N4/c65-61(60(44-22-8-3-9-23-44)62-48-25-11-10-24-46(48)39-57(66-62)41-18-4-1-5-19-41)45-34-32-43(33-35-45)59-40-58(42-20-6-2-7-21-42)67-63(68-59)47-36-37-52-51-28-14-17-31-55(51)64(56(52)38-47)53-29-15-12-26-49(53)50-27-13-16-30-54(50)64/h1-40,65-66H/b62-60-,65-61?. The van der Waals surface area contributed by atoms with Crippen LogP contribution in [-0.2, 0) is 5.41 Å². The van der Waals surface area contributed by atoms with Gasteiger partial charge in [-0.15, -0.1) is 0 Å². The van der Waals surface area contributed by atoms with Crippen LogP contribution >= 0.6 is 0 Å². The minimum absolute atomic E-state index is 0.422. The number of aromatic nitrogens is 2. The summed E-state index contributed by atoms with van der Waals surface area (Å²) in [5.41, 5.74) is 22.4. The predicted octanol–water partition coefficient (Wildman–Crippen LogP) is 14.9. The van der Waals surface area contributed by atoms with E-state index in [1.165, 1.54) is 44.5 Å². The molecule has 1 aromatic heterocycles. The van der Waals surface area contributed by atoms with Crippen molar-refractivity contribution in [3.63, 3.8) is 0 Å². The highest BCUT2D eigenvalue weighted by Gasteiger charge is 2.51.